The number of alkyl carbamates (subject to hydrolysis) is 1. The van der Waals surface area contributed by atoms with Gasteiger partial charge in [-0.1, -0.05) is 61.9 Å². The molecule has 1 fully saturated rings. The van der Waals surface area contributed by atoms with E-state index in [0.29, 0.717) is 18.3 Å². The first-order valence-electron chi connectivity index (χ1n) is 9.92. The summed E-state index contributed by atoms with van der Waals surface area (Å²) in [6, 6.07) is 15.4. The van der Waals surface area contributed by atoms with Gasteiger partial charge < -0.3 is 15.2 Å². The predicted octanol–water partition coefficient (Wildman–Crippen LogP) is 4.41. The van der Waals surface area contributed by atoms with E-state index >= 15 is 0 Å². The van der Waals surface area contributed by atoms with E-state index in [9.17, 15) is 14.7 Å². The van der Waals surface area contributed by atoms with E-state index in [1.54, 1.807) is 0 Å². The number of hydrogen-bond acceptors (Lipinski definition) is 3. The summed E-state index contributed by atoms with van der Waals surface area (Å²) in [5.41, 5.74) is 4.59. The van der Waals surface area contributed by atoms with E-state index in [1.807, 2.05) is 24.3 Å². The van der Waals surface area contributed by atoms with Gasteiger partial charge in [-0.3, -0.25) is 0 Å². The number of hydrogen-bond donors (Lipinski definition) is 2. The molecule has 0 aromatic heterocycles. The Morgan fingerprint density at radius 3 is 2.21 bits per heavy atom. The second-order valence-corrected chi connectivity index (χ2v) is 7.76. The van der Waals surface area contributed by atoms with Gasteiger partial charge in [-0.15, -0.1) is 0 Å². The van der Waals surface area contributed by atoms with Crippen LogP contribution in [0.5, 0.6) is 0 Å². The van der Waals surface area contributed by atoms with E-state index in [4.69, 9.17) is 4.74 Å². The van der Waals surface area contributed by atoms with Crippen LogP contribution < -0.4 is 5.32 Å². The summed E-state index contributed by atoms with van der Waals surface area (Å²) in [5.74, 6) is -0.0595. The Morgan fingerprint density at radius 2 is 1.68 bits per heavy atom. The van der Waals surface area contributed by atoms with E-state index < -0.39 is 18.1 Å². The topological polar surface area (TPSA) is 75.6 Å². The van der Waals surface area contributed by atoms with Gasteiger partial charge >= 0.3 is 12.1 Å². The minimum absolute atomic E-state index is 0.0330. The highest BCUT2D eigenvalue weighted by Crippen LogP contribution is 2.45. The molecule has 5 heteroatoms. The Kier molecular flexibility index (Phi) is 5.07. The van der Waals surface area contributed by atoms with Crippen LogP contribution in [0, 0.1) is 11.8 Å². The SMILES string of the molecule is CCC1CC1CC(NC(=O)OCC1c2ccccc2-c2ccccc21)C(=O)O. The lowest BCUT2D eigenvalue weighted by Crippen LogP contribution is -2.41. The van der Waals surface area contributed by atoms with Gasteiger partial charge in [0.25, 0.3) is 0 Å². The van der Waals surface area contributed by atoms with Crippen LogP contribution in [0.2, 0.25) is 0 Å². The number of carboxylic acids is 1. The normalized spacial score (nSPS) is 20.8. The maximum absolute atomic E-state index is 12.3. The molecule has 2 aliphatic rings. The summed E-state index contributed by atoms with van der Waals surface area (Å²) >= 11 is 0. The predicted molar refractivity (Wildman–Crippen MR) is 106 cm³/mol. The summed E-state index contributed by atoms with van der Waals surface area (Å²) in [5, 5.41) is 12.0. The molecule has 2 N–H and O–H groups in total. The summed E-state index contributed by atoms with van der Waals surface area (Å²) in [6.45, 7) is 2.30. The minimum atomic E-state index is -1.00. The fourth-order valence-electron chi connectivity index (χ4n) is 4.41. The number of fused-ring (bicyclic) bond motifs is 3. The molecule has 4 rings (SSSR count). The highest BCUT2D eigenvalue weighted by Gasteiger charge is 2.39. The van der Waals surface area contributed by atoms with Crippen LogP contribution in [-0.2, 0) is 9.53 Å². The van der Waals surface area contributed by atoms with Crippen molar-refractivity contribution in [3.63, 3.8) is 0 Å². The summed E-state index contributed by atoms with van der Waals surface area (Å²) in [7, 11) is 0. The Morgan fingerprint density at radius 1 is 1.07 bits per heavy atom. The van der Waals surface area contributed by atoms with Gasteiger partial charge in [0, 0.05) is 5.92 Å². The van der Waals surface area contributed by atoms with Gasteiger partial charge in [0.05, 0.1) is 0 Å². The van der Waals surface area contributed by atoms with Crippen molar-refractivity contribution in [3.8, 4) is 11.1 Å². The van der Waals surface area contributed by atoms with Gasteiger partial charge in [0.15, 0.2) is 0 Å². The molecule has 0 saturated heterocycles. The first-order valence-corrected chi connectivity index (χ1v) is 9.92. The average molecular weight is 379 g/mol. The molecule has 3 atom stereocenters. The van der Waals surface area contributed by atoms with Crippen LogP contribution in [-0.4, -0.2) is 29.8 Å². The lowest BCUT2D eigenvalue weighted by atomic mass is 9.98. The molecule has 3 unspecified atom stereocenters. The van der Waals surface area contributed by atoms with Crippen molar-refractivity contribution in [1.82, 2.24) is 5.32 Å². The fourth-order valence-corrected chi connectivity index (χ4v) is 4.41. The van der Waals surface area contributed by atoms with Crippen molar-refractivity contribution >= 4 is 12.1 Å². The van der Waals surface area contributed by atoms with Crippen LogP contribution in [0.25, 0.3) is 11.1 Å². The maximum atomic E-state index is 12.3. The average Bonchev–Trinajstić information content (AvgIpc) is 3.38. The maximum Gasteiger partial charge on any atom is 0.407 e. The number of rotatable bonds is 7. The van der Waals surface area contributed by atoms with Crippen molar-refractivity contribution in [2.75, 3.05) is 6.61 Å². The molecule has 5 nitrogen and oxygen atoms in total. The standard InChI is InChI=1S/C23H25NO4/c1-2-14-11-15(14)12-21(22(25)26)24-23(27)28-13-20-18-9-5-3-7-16(18)17-8-4-6-10-19(17)20/h3-10,14-15,20-21H,2,11-13H2,1H3,(H,24,27)(H,25,26). The van der Waals surface area contributed by atoms with Crippen LogP contribution in [0.3, 0.4) is 0 Å². The smallest absolute Gasteiger partial charge is 0.407 e. The van der Waals surface area contributed by atoms with E-state index in [0.717, 1.165) is 35.1 Å². The van der Waals surface area contributed by atoms with Crippen molar-refractivity contribution < 1.29 is 19.4 Å². The molecular weight excluding hydrogens is 354 g/mol. The molecule has 146 valence electrons. The molecule has 1 amide bonds. The van der Waals surface area contributed by atoms with Crippen LogP contribution in [0.15, 0.2) is 48.5 Å². The Hall–Kier alpha value is -2.82. The third-order valence-corrected chi connectivity index (χ3v) is 6.07. The zero-order valence-electron chi connectivity index (χ0n) is 15.9. The molecule has 2 aliphatic carbocycles. The van der Waals surface area contributed by atoms with Gasteiger partial charge in [0.1, 0.15) is 12.6 Å². The van der Waals surface area contributed by atoms with Gasteiger partial charge in [-0.25, -0.2) is 9.59 Å². The lowest BCUT2D eigenvalue weighted by molar-refractivity contribution is -0.139. The summed E-state index contributed by atoms with van der Waals surface area (Å²) in [4.78, 5) is 23.8. The first-order chi connectivity index (χ1) is 13.6. The molecule has 2 aromatic carbocycles. The highest BCUT2D eigenvalue weighted by atomic mass is 16.5. The molecule has 2 aromatic rings. The number of nitrogens with one attached hydrogen (secondary N) is 1. The Balaban J connectivity index is 1.40. The number of benzene rings is 2. The molecule has 0 spiro atoms. The lowest BCUT2D eigenvalue weighted by Gasteiger charge is -2.17. The van der Waals surface area contributed by atoms with Crippen LogP contribution in [0.1, 0.15) is 43.2 Å². The van der Waals surface area contributed by atoms with E-state index in [-0.39, 0.29) is 12.5 Å². The number of amides is 1. The minimum Gasteiger partial charge on any atom is -0.480 e. The van der Waals surface area contributed by atoms with Crippen molar-refractivity contribution in [2.45, 2.75) is 38.1 Å². The number of carbonyl (C=O) groups excluding carboxylic acids is 1. The van der Waals surface area contributed by atoms with Crippen LogP contribution in [0.4, 0.5) is 4.79 Å². The van der Waals surface area contributed by atoms with Gasteiger partial charge in [0.2, 0.25) is 0 Å². The Bertz CT molecular complexity index is 848. The highest BCUT2D eigenvalue weighted by molar-refractivity contribution is 5.81. The largest absolute Gasteiger partial charge is 0.480 e. The molecule has 28 heavy (non-hydrogen) atoms. The van der Waals surface area contributed by atoms with E-state index in [2.05, 4.69) is 36.5 Å². The molecule has 1 saturated carbocycles. The molecule has 0 radical (unpaired) electrons. The monoisotopic (exact) mass is 379 g/mol. The number of carboxylic acid groups (broad SMARTS) is 1. The number of carbonyl (C=O) groups is 2. The molecular formula is C23H25NO4. The quantitative estimate of drug-likeness (QED) is 0.747. The van der Waals surface area contributed by atoms with Gasteiger partial charge in [-0.2, -0.15) is 0 Å². The zero-order chi connectivity index (χ0) is 19.7. The molecule has 0 heterocycles. The van der Waals surface area contributed by atoms with Crippen LogP contribution >= 0.6 is 0 Å². The van der Waals surface area contributed by atoms with Crippen molar-refractivity contribution in [3.05, 3.63) is 59.7 Å². The fraction of sp³-hybridized carbons (Fsp3) is 0.391. The summed E-state index contributed by atoms with van der Waals surface area (Å²) in [6.07, 6.45) is 1.91. The van der Waals surface area contributed by atoms with Crippen molar-refractivity contribution in [2.24, 2.45) is 11.8 Å². The third kappa shape index (κ3) is 3.61. The zero-order valence-corrected chi connectivity index (χ0v) is 15.9. The van der Waals surface area contributed by atoms with Crippen molar-refractivity contribution in [1.29, 1.82) is 0 Å². The second-order valence-electron chi connectivity index (χ2n) is 7.76. The molecule has 0 bridgehead atoms. The number of aliphatic carboxylic acids is 1. The molecule has 0 aliphatic heterocycles. The summed E-state index contributed by atoms with van der Waals surface area (Å²) < 4.78 is 5.46. The Labute approximate surface area is 164 Å². The third-order valence-electron chi connectivity index (χ3n) is 6.07. The number of ether oxygens (including phenoxy) is 1. The van der Waals surface area contributed by atoms with Gasteiger partial charge in [-0.05, 0) is 46.9 Å². The van der Waals surface area contributed by atoms with E-state index in [1.165, 1.54) is 0 Å². The second kappa shape index (κ2) is 7.66. The first kappa shape index (κ1) is 18.5.